The van der Waals surface area contributed by atoms with Crippen LogP contribution in [0.4, 0.5) is 22.0 Å². The molecule has 0 atom stereocenters. The summed E-state index contributed by atoms with van der Waals surface area (Å²) in [4.78, 5) is 11.7. The monoisotopic (exact) mass is 259 g/mol. The van der Waals surface area contributed by atoms with Crippen LogP contribution in [0, 0.1) is 5.92 Å². The third-order valence-corrected chi connectivity index (χ3v) is 3.10. The van der Waals surface area contributed by atoms with Gasteiger partial charge in [-0.05, 0) is 18.8 Å². The van der Waals surface area contributed by atoms with Crippen molar-refractivity contribution in [2.75, 3.05) is 13.1 Å². The fourth-order valence-corrected chi connectivity index (χ4v) is 1.86. The van der Waals surface area contributed by atoms with Crippen LogP contribution in [0.3, 0.4) is 0 Å². The molecule has 0 aromatic carbocycles. The Labute approximate surface area is 95.8 Å². The third kappa shape index (κ3) is 2.87. The number of hydrogen-bond donors (Lipinski definition) is 0. The van der Waals surface area contributed by atoms with Crippen LogP contribution in [0.15, 0.2) is 0 Å². The molecule has 0 aliphatic carbocycles. The van der Waals surface area contributed by atoms with Crippen molar-refractivity contribution in [2.24, 2.45) is 5.92 Å². The van der Waals surface area contributed by atoms with E-state index in [1.54, 1.807) is 0 Å². The first-order valence-electron chi connectivity index (χ1n) is 5.44. The van der Waals surface area contributed by atoms with Crippen molar-refractivity contribution >= 4 is 5.91 Å². The lowest BCUT2D eigenvalue weighted by Gasteiger charge is -2.34. The Balaban J connectivity index is 2.66. The lowest BCUT2D eigenvalue weighted by molar-refractivity contribution is -0.274. The summed E-state index contributed by atoms with van der Waals surface area (Å²) in [5.74, 6) is -7.09. The molecule has 17 heavy (non-hydrogen) atoms. The molecule has 0 N–H and O–H groups in total. The third-order valence-electron chi connectivity index (χ3n) is 3.10. The number of alkyl halides is 5. The van der Waals surface area contributed by atoms with E-state index in [0.717, 1.165) is 6.42 Å². The highest BCUT2D eigenvalue weighted by molar-refractivity contribution is 5.84. The van der Waals surface area contributed by atoms with Crippen LogP contribution in [0.2, 0.25) is 0 Å². The Morgan fingerprint density at radius 2 is 1.65 bits per heavy atom. The Morgan fingerprint density at radius 1 is 1.18 bits per heavy atom. The lowest BCUT2D eigenvalue weighted by Crippen LogP contribution is -2.53. The maximum Gasteiger partial charge on any atom is 0.463 e. The normalized spacial score (nSPS) is 19.5. The van der Waals surface area contributed by atoms with E-state index in [0.29, 0.717) is 23.7 Å². The van der Waals surface area contributed by atoms with E-state index < -0.39 is 18.0 Å². The van der Waals surface area contributed by atoms with Gasteiger partial charge in [-0.15, -0.1) is 0 Å². The molecule has 1 rings (SSSR count). The van der Waals surface area contributed by atoms with Crippen molar-refractivity contribution in [1.82, 2.24) is 4.90 Å². The average Bonchev–Trinajstić information content (AvgIpc) is 2.26. The van der Waals surface area contributed by atoms with Gasteiger partial charge in [0.2, 0.25) is 0 Å². The summed E-state index contributed by atoms with van der Waals surface area (Å²) < 4.78 is 61.5. The number of likely N-dealkylation sites (tertiary alicyclic amines) is 1. The zero-order chi connectivity index (χ0) is 13.3. The van der Waals surface area contributed by atoms with Gasteiger partial charge in [0.1, 0.15) is 0 Å². The summed E-state index contributed by atoms with van der Waals surface area (Å²) in [7, 11) is 0. The van der Waals surface area contributed by atoms with Crippen LogP contribution >= 0.6 is 0 Å². The summed E-state index contributed by atoms with van der Waals surface area (Å²) in [6.07, 6.45) is -4.00. The Bertz CT molecular complexity index is 281. The number of piperidine rings is 1. The van der Waals surface area contributed by atoms with Crippen LogP contribution in [0.5, 0.6) is 0 Å². The molecule has 0 spiro atoms. The quantitative estimate of drug-likeness (QED) is 0.698. The first-order valence-corrected chi connectivity index (χ1v) is 5.44. The summed E-state index contributed by atoms with van der Waals surface area (Å²) in [6, 6.07) is 0. The van der Waals surface area contributed by atoms with Crippen molar-refractivity contribution in [3.05, 3.63) is 0 Å². The number of amides is 1. The zero-order valence-corrected chi connectivity index (χ0v) is 9.36. The second-order valence-electron chi connectivity index (χ2n) is 4.22. The molecule has 0 aromatic heterocycles. The van der Waals surface area contributed by atoms with Crippen molar-refractivity contribution in [1.29, 1.82) is 0 Å². The number of nitrogens with zero attached hydrogens (tertiary/aromatic N) is 1. The number of hydrogen-bond acceptors (Lipinski definition) is 1. The predicted octanol–water partition coefficient (Wildman–Crippen LogP) is 2.83. The molecule has 1 aliphatic heterocycles. The van der Waals surface area contributed by atoms with E-state index in [-0.39, 0.29) is 13.1 Å². The highest BCUT2D eigenvalue weighted by atomic mass is 19.4. The summed E-state index contributed by atoms with van der Waals surface area (Å²) in [5.41, 5.74) is 0. The van der Waals surface area contributed by atoms with E-state index in [4.69, 9.17) is 0 Å². The number of rotatable bonds is 2. The summed E-state index contributed by atoms with van der Waals surface area (Å²) >= 11 is 0. The first kappa shape index (κ1) is 14.2. The highest BCUT2D eigenvalue weighted by Gasteiger charge is 2.64. The van der Waals surface area contributed by atoms with Crippen molar-refractivity contribution in [2.45, 2.75) is 38.3 Å². The minimum absolute atomic E-state index is 0.0248. The molecule has 0 unspecified atom stereocenters. The molecular formula is C10H14F5NO. The van der Waals surface area contributed by atoms with E-state index in [1.807, 2.05) is 6.92 Å². The molecule has 1 saturated heterocycles. The Kier molecular flexibility index (Phi) is 3.99. The van der Waals surface area contributed by atoms with Gasteiger partial charge in [0, 0.05) is 13.1 Å². The van der Waals surface area contributed by atoms with Gasteiger partial charge >= 0.3 is 18.0 Å². The van der Waals surface area contributed by atoms with Crippen LogP contribution in [0.1, 0.15) is 26.2 Å². The minimum Gasteiger partial charge on any atom is -0.337 e. The molecule has 1 heterocycles. The minimum atomic E-state index is -5.81. The number of carbonyl (C=O) groups is 1. The molecule has 1 aliphatic rings. The smallest absolute Gasteiger partial charge is 0.337 e. The van der Waals surface area contributed by atoms with Crippen LogP contribution in [-0.2, 0) is 4.79 Å². The van der Waals surface area contributed by atoms with Crippen molar-refractivity contribution in [3.8, 4) is 0 Å². The van der Waals surface area contributed by atoms with Crippen molar-refractivity contribution < 1.29 is 26.7 Å². The molecule has 0 bridgehead atoms. The van der Waals surface area contributed by atoms with Gasteiger partial charge in [-0.3, -0.25) is 4.79 Å². The largest absolute Gasteiger partial charge is 0.463 e. The van der Waals surface area contributed by atoms with Crippen LogP contribution < -0.4 is 0 Å². The number of halogens is 5. The van der Waals surface area contributed by atoms with Gasteiger partial charge in [0.05, 0.1) is 0 Å². The molecule has 100 valence electrons. The summed E-state index contributed by atoms with van der Waals surface area (Å²) in [6.45, 7) is 1.87. The van der Waals surface area contributed by atoms with Gasteiger partial charge in [0.15, 0.2) is 0 Å². The fraction of sp³-hybridized carbons (Fsp3) is 0.900. The fourth-order valence-electron chi connectivity index (χ4n) is 1.86. The molecule has 2 nitrogen and oxygen atoms in total. The van der Waals surface area contributed by atoms with Gasteiger partial charge < -0.3 is 4.90 Å². The van der Waals surface area contributed by atoms with Crippen molar-refractivity contribution in [3.63, 3.8) is 0 Å². The van der Waals surface area contributed by atoms with E-state index in [1.165, 1.54) is 0 Å². The summed E-state index contributed by atoms with van der Waals surface area (Å²) in [5, 5.41) is 0. The topological polar surface area (TPSA) is 20.3 Å². The lowest BCUT2D eigenvalue weighted by atomic mass is 9.94. The predicted molar refractivity (Wildman–Crippen MR) is 50.6 cm³/mol. The van der Waals surface area contributed by atoms with Gasteiger partial charge in [0.25, 0.3) is 0 Å². The maximum absolute atomic E-state index is 12.8. The molecule has 1 amide bonds. The number of carbonyl (C=O) groups excluding carboxylic acids is 1. The molecular weight excluding hydrogens is 245 g/mol. The standard InChI is InChI=1S/C10H14F5NO/c1-2-7-3-5-16(6-4-7)8(17)9(11,12)10(13,14)15/h7H,2-6H2,1H3. The molecule has 1 fully saturated rings. The Morgan fingerprint density at radius 3 is 2.00 bits per heavy atom. The van der Waals surface area contributed by atoms with Gasteiger partial charge in [-0.25, -0.2) is 0 Å². The zero-order valence-electron chi connectivity index (χ0n) is 9.36. The second-order valence-corrected chi connectivity index (χ2v) is 4.22. The van der Waals surface area contributed by atoms with Crippen LogP contribution in [-0.4, -0.2) is 36.0 Å². The maximum atomic E-state index is 12.8. The second kappa shape index (κ2) is 4.78. The molecule has 7 heteroatoms. The first-order chi connectivity index (χ1) is 7.70. The molecule has 0 saturated carbocycles. The Hall–Kier alpha value is -0.880. The average molecular weight is 259 g/mol. The van der Waals surface area contributed by atoms with E-state index in [2.05, 4.69) is 0 Å². The van der Waals surface area contributed by atoms with Gasteiger partial charge in [-0.2, -0.15) is 22.0 Å². The van der Waals surface area contributed by atoms with E-state index >= 15 is 0 Å². The SMILES string of the molecule is CCC1CCN(C(=O)C(F)(F)C(F)(F)F)CC1. The molecule has 0 radical (unpaired) electrons. The van der Waals surface area contributed by atoms with Gasteiger partial charge in [-0.1, -0.05) is 13.3 Å². The van der Waals surface area contributed by atoms with E-state index in [9.17, 15) is 26.7 Å². The highest BCUT2D eigenvalue weighted by Crippen LogP contribution is 2.37. The molecule has 0 aromatic rings. The van der Waals surface area contributed by atoms with Crippen LogP contribution in [0.25, 0.3) is 0 Å².